The molecular weight excluding hydrogens is 978 g/mol. The molecule has 2 unspecified atom stereocenters. The minimum Gasteiger partial charge on any atom is -0.462 e. The van der Waals surface area contributed by atoms with E-state index >= 15 is 0 Å². The molecule has 9 nitrogen and oxygen atoms in total. The highest BCUT2D eigenvalue weighted by atomic mass is 31.2. The van der Waals surface area contributed by atoms with Gasteiger partial charge in [0.2, 0.25) is 0 Å². The molecule has 0 bridgehead atoms. The molecule has 0 fully saturated rings. The molecule has 1 N–H and O–H groups in total. The van der Waals surface area contributed by atoms with Crippen LogP contribution in [0.4, 0.5) is 0 Å². The standard InChI is InChI=1S/C67H124NO8P/c1-6-8-10-12-14-16-18-20-22-24-26-27-28-29-30-31-32-33-34-35-36-37-38-39-40-42-43-45-47-49-51-53-55-57-59-66(69)73-63-65(64-75-77(71,72)74-62-61-68(3,4)5)76-67(70)60-58-56-54-52-50-48-46-44-41-25-23-21-19-17-15-13-11-9-7-2/h9,11,15,17,21,23,41,44,48,50,65H,6-8,10,12-14,16,18-20,22,24-40,42-43,45-47,49,51-64H2,1-5H3/p+1/b11-9-,17-15-,23-21-,44-41-,50-48-. The van der Waals surface area contributed by atoms with Crippen LogP contribution in [0.25, 0.3) is 0 Å². The smallest absolute Gasteiger partial charge is 0.462 e. The van der Waals surface area contributed by atoms with Crippen molar-refractivity contribution in [3.63, 3.8) is 0 Å². The summed E-state index contributed by atoms with van der Waals surface area (Å²) in [6, 6.07) is 0. The number of rotatable bonds is 60. The summed E-state index contributed by atoms with van der Waals surface area (Å²) in [5.41, 5.74) is 0. The number of unbranched alkanes of at least 4 members (excludes halogenated alkanes) is 36. The number of hydrogen-bond donors (Lipinski definition) is 1. The van der Waals surface area contributed by atoms with Crippen LogP contribution in [0.1, 0.15) is 303 Å². The van der Waals surface area contributed by atoms with Gasteiger partial charge < -0.3 is 18.9 Å². The zero-order chi connectivity index (χ0) is 56.3. The quantitative estimate of drug-likeness (QED) is 0.0211. The van der Waals surface area contributed by atoms with Crippen LogP contribution in [0.2, 0.25) is 0 Å². The normalized spacial score (nSPS) is 13.6. The predicted molar refractivity (Wildman–Crippen MR) is 330 cm³/mol. The van der Waals surface area contributed by atoms with Crippen molar-refractivity contribution in [2.75, 3.05) is 47.5 Å². The Morgan fingerprint density at radius 3 is 1.10 bits per heavy atom. The van der Waals surface area contributed by atoms with E-state index in [0.29, 0.717) is 17.4 Å². The molecule has 0 aromatic heterocycles. The van der Waals surface area contributed by atoms with Crippen LogP contribution in [-0.2, 0) is 32.7 Å². The lowest BCUT2D eigenvalue weighted by Gasteiger charge is -2.24. The number of nitrogens with zero attached hydrogens (tertiary/aromatic N) is 1. The van der Waals surface area contributed by atoms with Crippen molar-refractivity contribution in [1.82, 2.24) is 0 Å². The Balaban J connectivity index is 4.00. The second-order valence-corrected chi connectivity index (χ2v) is 24.6. The lowest BCUT2D eigenvalue weighted by molar-refractivity contribution is -0.870. The number of hydrogen-bond acceptors (Lipinski definition) is 7. The molecule has 0 aliphatic rings. The van der Waals surface area contributed by atoms with Crippen LogP contribution in [0.5, 0.6) is 0 Å². The lowest BCUT2D eigenvalue weighted by Crippen LogP contribution is -2.37. The number of phosphoric acid groups is 1. The Bertz CT molecular complexity index is 1480. The fraction of sp³-hybridized carbons (Fsp3) is 0.821. The molecule has 0 aromatic carbocycles. The van der Waals surface area contributed by atoms with E-state index in [1.807, 2.05) is 21.1 Å². The fourth-order valence-electron chi connectivity index (χ4n) is 9.34. The van der Waals surface area contributed by atoms with E-state index in [1.165, 1.54) is 199 Å². The molecule has 0 radical (unpaired) electrons. The summed E-state index contributed by atoms with van der Waals surface area (Å²) in [5.74, 6) is -0.826. The zero-order valence-corrected chi connectivity index (χ0v) is 52.1. The van der Waals surface area contributed by atoms with E-state index in [9.17, 15) is 19.0 Å². The molecule has 0 saturated heterocycles. The molecule has 0 heterocycles. The van der Waals surface area contributed by atoms with Crippen LogP contribution in [0.3, 0.4) is 0 Å². The van der Waals surface area contributed by atoms with Gasteiger partial charge in [0.15, 0.2) is 6.10 Å². The zero-order valence-electron chi connectivity index (χ0n) is 51.2. The Morgan fingerprint density at radius 2 is 0.740 bits per heavy atom. The number of quaternary nitrogens is 1. The molecule has 0 amide bonds. The van der Waals surface area contributed by atoms with Gasteiger partial charge in [0.05, 0.1) is 27.7 Å². The first-order valence-electron chi connectivity index (χ1n) is 32.5. The van der Waals surface area contributed by atoms with E-state index in [1.54, 1.807) is 0 Å². The molecule has 0 aliphatic heterocycles. The van der Waals surface area contributed by atoms with Gasteiger partial charge in [0.1, 0.15) is 19.8 Å². The third-order valence-electron chi connectivity index (χ3n) is 14.3. The van der Waals surface area contributed by atoms with Crippen molar-refractivity contribution in [2.24, 2.45) is 0 Å². The van der Waals surface area contributed by atoms with Crippen molar-refractivity contribution in [2.45, 2.75) is 309 Å². The van der Waals surface area contributed by atoms with Crippen LogP contribution in [-0.4, -0.2) is 74.9 Å². The second-order valence-electron chi connectivity index (χ2n) is 23.1. The molecule has 10 heteroatoms. The van der Waals surface area contributed by atoms with E-state index < -0.39 is 26.5 Å². The summed E-state index contributed by atoms with van der Waals surface area (Å²) in [6.45, 7) is 4.32. The molecule has 2 atom stereocenters. The topological polar surface area (TPSA) is 108 Å². The summed E-state index contributed by atoms with van der Waals surface area (Å²) in [7, 11) is 1.46. The van der Waals surface area contributed by atoms with Crippen LogP contribution in [0, 0.1) is 0 Å². The Hall–Kier alpha value is -2.29. The number of esters is 2. The van der Waals surface area contributed by atoms with E-state index in [2.05, 4.69) is 74.6 Å². The Labute approximate surface area is 476 Å². The van der Waals surface area contributed by atoms with Gasteiger partial charge in [-0.05, 0) is 57.8 Å². The van der Waals surface area contributed by atoms with Gasteiger partial charge >= 0.3 is 19.8 Å². The molecule has 0 spiro atoms. The van der Waals surface area contributed by atoms with Gasteiger partial charge in [0.25, 0.3) is 0 Å². The minimum atomic E-state index is -4.40. The van der Waals surface area contributed by atoms with E-state index in [4.69, 9.17) is 18.5 Å². The third-order valence-corrected chi connectivity index (χ3v) is 15.3. The maximum Gasteiger partial charge on any atom is 0.472 e. The number of ether oxygens (including phenoxy) is 2. The Kier molecular flexibility index (Phi) is 56.6. The molecular formula is C67H125NO8P+. The number of carbonyl (C=O) groups is 2. The summed E-state index contributed by atoms with van der Waals surface area (Å²) in [6.07, 6.45) is 76.2. The van der Waals surface area contributed by atoms with Crippen molar-refractivity contribution in [1.29, 1.82) is 0 Å². The summed E-state index contributed by atoms with van der Waals surface area (Å²) in [5, 5.41) is 0. The maximum atomic E-state index is 12.8. The highest BCUT2D eigenvalue weighted by molar-refractivity contribution is 7.47. The van der Waals surface area contributed by atoms with Crippen molar-refractivity contribution >= 4 is 19.8 Å². The first-order valence-corrected chi connectivity index (χ1v) is 34.0. The van der Waals surface area contributed by atoms with Gasteiger partial charge in [-0.3, -0.25) is 18.6 Å². The molecule has 77 heavy (non-hydrogen) atoms. The largest absolute Gasteiger partial charge is 0.472 e. The molecule has 0 aliphatic carbocycles. The number of carbonyl (C=O) groups excluding carboxylic acids is 2. The number of likely N-dealkylation sites (N-methyl/N-ethyl adjacent to an activating group) is 1. The first kappa shape index (κ1) is 74.7. The predicted octanol–water partition coefficient (Wildman–Crippen LogP) is 20.7. The molecule has 0 aromatic rings. The minimum absolute atomic E-state index is 0.0239. The van der Waals surface area contributed by atoms with Crippen LogP contribution in [0.15, 0.2) is 60.8 Å². The molecule has 0 saturated carbocycles. The van der Waals surface area contributed by atoms with E-state index in [0.717, 1.165) is 70.6 Å². The van der Waals surface area contributed by atoms with Gasteiger partial charge in [-0.2, -0.15) is 0 Å². The maximum absolute atomic E-state index is 12.8. The average Bonchev–Trinajstić information content (AvgIpc) is 3.39. The van der Waals surface area contributed by atoms with Gasteiger partial charge in [-0.1, -0.05) is 293 Å². The summed E-state index contributed by atoms with van der Waals surface area (Å²) >= 11 is 0. The third kappa shape index (κ3) is 62.8. The van der Waals surface area contributed by atoms with Gasteiger partial charge in [0, 0.05) is 12.8 Å². The SMILES string of the molecule is CC/C=C\C/C=C\C/C=C\C/C=C\C/C=C\CCCCCC(=O)OC(COC(=O)CCCCCCCCCCCCCCCCCCCCCCCCCCCCCCCCCCCC)COP(=O)(O)OCC[N+](C)(C)C. The highest BCUT2D eigenvalue weighted by Gasteiger charge is 2.27. The van der Waals surface area contributed by atoms with Crippen molar-refractivity contribution in [3.05, 3.63) is 60.8 Å². The highest BCUT2D eigenvalue weighted by Crippen LogP contribution is 2.43. The fourth-order valence-corrected chi connectivity index (χ4v) is 10.1. The number of phosphoric ester groups is 1. The summed E-state index contributed by atoms with van der Waals surface area (Å²) < 4.78 is 34.6. The molecule has 0 rings (SSSR count). The first-order chi connectivity index (χ1) is 37.5. The molecule has 450 valence electrons. The lowest BCUT2D eigenvalue weighted by atomic mass is 10.0. The summed E-state index contributed by atoms with van der Waals surface area (Å²) in [4.78, 5) is 35.7. The van der Waals surface area contributed by atoms with Crippen LogP contribution < -0.4 is 0 Å². The van der Waals surface area contributed by atoms with Crippen molar-refractivity contribution in [3.8, 4) is 0 Å². The second kappa shape index (κ2) is 58.4. The van der Waals surface area contributed by atoms with E-state index in [-0.39, 0.29) is 32.0 Å². The van der Waals surface area contributed by atoms with Crippen molar-refractivity contribution < 1.29 is 42.1 Å². The van der Waals surface area contributed by atoms with Gasteiger partial charge in [-0.25, -0.2) is 4.57 Å². The average molecular weight is 1100 g/mol. The monoisotopic (exact) mass is 1100 g/mol. The van der Waals surface area contributed by atoms with Crippen LogP contribution >= 0.6 is 7.82 Å². The number of allylic oxidation sites excluding steroid dienone is 10. The Morgan fingerprint density at radius 1 is 0.416 bits per heavy atom. The van der Waals surface area contributed by atoms with Gasteiger partial charge in [-0.15, -0.1) is 0 Å².